The molecule has 0 bridgehead atoms. The molecule has 5 nitrogen and oxygen atoms in total. The topological polar surface area (TPSA) is 62.5 Å². The second-order valence-electron chi connectivity index (χ2n) is 8.89. The van der Waals surface area contributed by atoms with Gasteiger partial charge in [0.15, 0.2) is 0 Å². The number of likely N-dealkylation sites (tertiary alicyclic amines) is 1. The molecule has 4 rings (SSSR count). The summed E-state index contributed by atoms with van der Waals surface area (Å²) in [6.07, 6.45) is -1.48. The number of amides is 1. The first-order chi connectivity index (χ1) is 16.5. The molecule has 1 aromatic heterocycles. The predicted molar refractivity (Wildman–Crippen MR) is 128 cm³/mol. The number of rotatable bonds is 5. The highest BCUT2D eigenvalue weighted by molar-refractivity contribution is 6.38. The van der Waals surface area contributed by atoms with E-state index in [9.17, 15) is 22.8 Å². The molecule has 1 saturated heterocycles. The van der Waals surface area contributed by atoms with E-state index < -0.39 is 17.7 Å². The number of aromatic nitrogens is 1. The van der Waals surface area contributed by atoms with Crippen molar-refractivity contribution in [1.82, 2.24) is 9.47 Å². The van der Waals surface area contributed by atoms with Gasteiger partial charge in [0.05, 0.1) is 28.2 Å². The minimum Gasteiger partial charge on any atom is -0.481 e. The van der Waals surface area contributed by atoms with Gasteiger partial charge in [-0.05, 0) is 61.6 Å². The van der Waals surface area contributed by atoms with Crippen molar-refractivity contribution in [3.05, 3.63) is 68.8 Å². The molecule has 0 unspecified atom stereocenters. The van der Waals surface area contributed by atoms with Crippen molar-refractivity contribution in [3.63, 3.8) is 0 Å². The number of nitrogens with zero attached hydrogens (tertiary/aromatic N) is 2. The van der Waals surface area contributed by atoms with Crippen molar-refractivity contribution >= 4 is 46.0 Å². The smallest absolute Gasteiger partial charge is 0.416 e. The van der Waals surface area contributed by atoms with E-state index >= 15 is 0 Å². The third kappa shape index (κ3) is 5.28. The van der Waals surface area contributed by atoms with Gasteiger partial charge in [0.25, 0.3) is 5.91 Å². The van der Waals surface area contributed by atoms with Crippen LogP contribution in [0.3, 0.4) is 0 Å². The number of halogens is 5. The van der Waals surface area contributed by atoms with E-state index in [-0.39, 0.29) is 35.4 Å². The lowest BCUT2D eigenvalue weighted by Crippen LogP contribution is -2.39. The molecule has 1 aliphatic heterocycles. The molecule has 0 radical (unpaired) electrons. The lowest BCUT2D eigenvalue weighted by atomic mass is 9.93. The average molecular weight is 527 g/mol. The number of fused-ring (bicyclic) bond motifs is 1. The molecular weight excluding hydrogens is 504 g/mol. The normalized spacial score (nSPS) is 15.1. The summed E-state index contributed by atoms with van der Waals surface area (Å²) in [7, 11) is 0. The van der Waals surface area contributed by atoms with E-state index in [1.807, 2.05) is 0 Å². The molecule has 0 atom stereocenters. The van der Waals surface area contributed by atoms with Crippen molar-refractivity contribution in [3.8, 4) is 0 Å². The minimum atomic E-state index is -4.44. The molecular formula is C25H23Cl2F3N2O3. The summed E-state index contributed by atoms with van der Waals surface area (Å²) in [5.74, 6) is -1.07. The first-order valence-electron chi connectivity index (χ1n) is 11.1. The van der Waals surface area contributed by atoms with Crippen LogP contribution in [0, 0.1) is 12.8 Å². The summed E-state index contributed by atoms with van der Waals surface area (Å²) < 4.78 is 41.4. The van der Waals surface area contributed by atoms with Crippen LogP contribution < -0.4 is 0 Å². The summed E-state index contributed by atoms with van der Waals surface area (Å²) >= 11 is 13.1. The summed E-state index contributed by atoms with van der Waals surface area (Å²) in [5, 5.41) is 9.97. The van der Waals surface area contributed by atoms with E-state index in [1.165, 1.54) is 0 Å². The fraction of sp³-hybridized carbons (Fsp3) is 0.360. The van der Waals surface area contributed by atoms with Gasteiger partial charge in [-0.3, -0.25) is 9.59 Å². The van der Waals surface area contributed by atoms with Gasteiger partial charge in [-0.25, -0.2) is 0 Å². The molecule has 1 amide bonds. The average Bonchev–Trinajstić information content (AvgIpc) is 3.19. The number of aryl methyl sites for hydroxylation is 1. The fourth-order valence-corrected chi connectivity index (χ4v) is 5.27. The molecule has 186 valence electrons. The molecule has 1 fully saturated rings. The molecule has 10 heteroatoms. The molecule has 2 aromatic carbocycles. The number of benzene rings is 2. The number of aliphatic carboxylic acids is 1. The van der Waals surface area contributed by atoms with Gasteiger partial charge in [0.1, 0.15) is 0 Å². The Labute approximate surface area is 210 Å². The van der Waals surface area contributed by atoms with Gasteiger partial charge < -0.3 is 14.6 Å². The number of carboxylic acid groups (broad SMARTS) is 1. The second-order valence-corrected chi connectivity index (χ2v) is 9.68. The van der Waals surface area contributed by atoms with E-state index in [4.69, 9.17) is 28.3 Å². The first-order valence-corrected chi connectivity index (χ1v) is 11.9. The van der Waals surface area contributed by atoms with Gasteiger partial charge >= 0.3 is 12.1 Å². The summed E-state index contributed by atoms with van der Waals surface area (Å²) in [6.45, 7) is 2.67. The van der Waals surface area contributed by atoms with Gasteiger partial charge in [0, 0.05) is 41.7 Å². The molecule has 0 saturated carbocycles. The predicted octanol–water partition coefficient (Wildman–Crippen LogP) is 6.65. The van der Waals surface area contributed by atoms with Crippen molar-refractivity contribution < 1.29 is 27.9 Å². The number of hydrogen-bond donors (Lipinski definition) is 1. The van der Waals surface area contributed by atoms with Crippen molar-refractivity contribution in [1.29, 1.82) is 0 Å². The summed E-state index contributed by atoms with van der Waals surface area (Å²) in [5.41, 5.74) is 1.16. The highest BCUT2D eigenvalue weighted by Gasteiger charge is 2.31. The standard InChI is InChI=1S/C25H23Cl2F3N2O3/c1-14-10-17(25(28,29)30)12-16-6-9-32(23(14)16)13-19-20(26)3-2-18(22(19)27)24(35)31-7-4-15(5-8-31)11-21(33)34/h2-3,6,9-10,12,15H,4-5,7-8,11,13H2,1H3,(H,33,34). The Morgan fingerprint density at radius 2 is 1.80 bits per heavy atom. The van der Waals surface area contributed by atoms with Crippen molar-refractivity contribution in [2.75, 3.05) is 13.1 Å². The zero-order chi connectivity index (χ0) is 25.5. The fourth-order valence-electron chi connectivity index (χ4n) is 4.70. The summed E-state index contributed by atoms with van der Waals surface area (Å²) in [6, 6.07) is 6.98. The zero-order valence-electron chi connectivity index (χ0n) is 18.8. The number of carboxylic acids is 1. The summed E-state index contributed by atoms with van der Waals surface area (Å²) in [4.78, 5) is 25.8. The third-order valence-electron chi connectivity index (χ3n) is 6.49. The highest BCUT2D eigenvalue weighted by atomic mass is 35.5. The van der Waals surface area contributed by atoms with E-state index in [0.29, 0.717) is 53.0 Å². The maximum Gasteiger partial charge on any atom is 0.416 e. The Kier molecular flexibility index (Phi) is 7.06. The van der Waals surface area contributed by atoms with Crippen LogP contribution >= 0.6 is 23.2 Å². The van der Waals surface area contributed by atoms with Crippen LogP contribution in [-0.4, -0.2) is 39.5 Å². The molecule has 2 heterocycles. The van der Waals surface area contributed by atoms with Crippen LogP contribution in [0.15, 0.2) is 36.5 Å². The van der Waals surface area contributed by atoms with Gasteiger partial charge in [-0.15, -0.1) is 0 Å². The number of carbonyl (C=O) groups excluding carboxylic acids is 1. The Morgan fingerprint density at radius 1 is 1.11 bits per heavy atom. The van der Waals surface area contributed by atoms with Crippen LogP contribution in [0.5, 0.6) is 0 Å². The van der Waals surface area contributed by atoms with Gasteiger partial charge in [0.2, 0.25) is 0 Å². The Morgan fingerprint density at radius 3 is 2.43 bits per heavy atom. The van der Waals surface area contributed by atoms with E-state index in [1.54, 1.807) is 40.8 Å². The van der Waals surface area contributed by atoms with Gasteiger partial charge in [-0.1, -0.05) is 23.2 Å². The maximum atomic E-state index is 13.2. The Balaban J connectivity index is 1.60. The van der Waals surface area contributed by atoms with Crippen molar-refractivity contribution in [2.24, 2.45) is 5.92 Å². The molecule has 1 N–H and O–H groups in total. The largest absolute Gasteiger partial charge is 0.481 e. The number of alkyl halides is 3. The molecule has 35 heavy (non-hydrogen) atoms. The molecule has 3 aromatic rings. The number of carbonyl (C=O) groups is 2. The minimum absolute atomic E-state index is 0.0379. The lowest BCUT2D eigenvalue weighted by molar-refractivity contribution is -0.139. The van der Waals surface area contributed by atoms with Gasteiger partial charge in [-0.2, -0.15) is 13.2 Å². The Bertz CT molecular complexity index is 1300. The first kappa shape index (κ1) is 25.4. The number of piperidine rings is 1. The second kappa shape index (κ2) is 9.74. The van der Waals surface area contributed by atoms with Crippen molar-refractivity contribution in [2.45, 2.75) is 38.9 Å². The monoisotopic (exact) mass is 526 g/mol. The van der Waals surface area contributed by atoms with Crippen LogP contribution in [0.4, 0.5) is 13.2 Å². The zero-order valence-corrected chi connectivity index (χ0v) is 20.3. The molecule has 0 spiro atoms. The van der Waals surface area contributed by atoms with E-state index in [0.717, 1.165) is 12.1 Å². The quantitative estimate of drug-likeness (QED) is 0.404. The third-order valence-corrected chi connectivity index (χ3v) is 7.27. The Hall–Kier alpha value is -2.71. The molecule has 0 aliphatic carbocycles. The molecule has 1 aliphatic rings. The van der Waals surface area contributed by atoms with Crippen LogP contribution in [0.25, 0.3) is 10.9 Å². The maximum absolute atomic E-state index is 13.2. The van der Waals surface area contributed by atoms with Crippen LogP contribution in [0.2, 0.25) is 10.0 Å². The van der Waals surface area contributed by atoms with E-state index in [2.05, 4.69) is 0 Å². The lowest BCUT2D eigenvalue weighted by Gasteiger charge is -2.31. The number of hydrogen-bond acceptors (Lipinski definition) is 2. The highest BCUT2D eigenvalue weighted by Crippen LogP contribution is 2.35. The SMILES string of the molecule is Cc1cc(C(F)(F)F)cc2ccn(Cc3c(Cl)ccc(C(=O)N4CCC(CC(=O)O)CC4)c3Cl)c12. The van der Waals surface area contributed by atoms with Crippen LogP contribution in [0.1, 0.15) is 46.3 Å². The van der Waals surface area contributed by atoms with Crippen LogP contribution in [-0.2, 0) is 17.5 Å².